The molecule has 0 amide bonds. The number of methoxy groups -OCH3 is 1. The molecule has 112 valence electrons. The summed E-state index contributed by atoms with van der Waals surface area (Å²) in [6.45, 7) is 0. The van der Waals surface area contributed by atoms with Crippen LogP contribution in [0.15, 0.2) is 56.3 Å². The van der Waals surface area contributed by atoms with E-state index in [-0.39, 0.29) is 4.90 Å². The fourth-order valence-electron chi connectivity index (χ4n) is 1.76. The van der Waals surface area contributed by atoms with Gasteiger partial charge in [-0.3, -0.25) is 4.31 Å². The third kappa shape index (κ3) is 3.41. The largest absolute Gasteiger partial charge is 0.497 e. The molecule has 0 N–H and O–H groups in total. The van der Waals surface area contributed by atoms with Gasteiger partial charge in [-0.1, -0.05) is 15.9 Å². The Labute approximate surface area is 141 Å². The molecule has 0 saturated carbocycles. The first-order chi connectivity index (χ1) is 9.86. The summed E-state index contributed by atoms with van der Waals surface area (Å²) in [6, 6.07) is 11.8. The van der Waals surface area contributed by atoms with Crippen molar-refractivity contribution < 1.29 is 13.2 Å². The van der Waals surface area contributed by atoms with Gasteiger partial charge < -0.3 is 4.74 Å². The minimum absolute atomic E-state index is 0.212. The smallest absolute Gasteiger partial charge is 0.265 e. The first-order valence-corrected chi connectivity index (χ1v) is 8.97. The lowest BCUT2D eigenvalue weighted by Crippen LogP contribution is -2.26. The minimum Gasteiger partial charge on any atom is -0.497 e. The maximum absolute atomic E-state index is 12.7. The second kappa shape index (κ2) is 6.37. The topological polar surface area (TPSA) is 46.6 Å². The SMILES string of the molecule is COc1ccc(N(C)S(=O)(=O)c2ccc(Br)cc2Br)cc1. The van der Waals surface area contributed by atoms with E-state index in [9.17, 15) is 8.42 Å². The molecule has 0 aliphatic heterocycles. The number of hydrogen-bond donors (Lipinski definition) is 0. The normalized spacial score (nSPS) is 11.2. The highest BCUT2D eigenvalue weighted by molar-refractivity contribution is 9.11. The van der Waals surface area contributed by atoms with Gasteiger partial charge in [0.25, 0.3) is 10.0 Å². The van der Waals surface area contributed by atoms with Crippen molar-refractivity contribution in [3.05, 3.63) is 51.4 Å². The Kier molecular flexibility index (Phi) is 4.95. The van der Waals surface area contributed by atoms with Gasteiger partial charge in [-0.05, 0) is 58.4 Å². The van der Waals surface area contributed by atoms with Crippen LogP contribution in [-0.4, -0.2) is 22.6 Å². The summed E-state index contributed by atoms with van der Waals surface area (Å²) < 4.78 is 33.0. The Morgan fingerprint density at radius 3 is 2.19 bits per heavy atom. The van der Waals surface area contributed by atoms with E-state index in [1.807, 2.05) is 0 Å². The average Bonchev–Trinajstić information content (AvgIpc) is 2.46. The van der Waals surface area contributed by atoms with Crippen LogP contribution >= 0.6 is 31.9 Å². The first kappa shape index (κ1) is 16.3. The zero-order valence-corrected chi connectivity index (χ0v) is 15.4. The maximum atomic E-state index is 12.7. The molecule has 2 rings (SSSR count). The summed E-state index contributed by atoms with van der Waals surface area (Å²) in [5.41, 5.74) is 0.561. The number of ether oxygens (including phenoxy) is 1. The molecule has 0 aliphatic carbocycles. The van der Waals surface area contributed by atoms with E-state index in [1.54, 1.807) is 49.6 Å². The first-order valence-electron chi connectivity index (χ1n) is 5.94. The molecule has 0 atom stereocenters. The zero-order valence-electron chi connectivity index (χ0n) is 11.4. The maximum Gasteiger partial charge on any atom is 0.265 e. The van der Waals surface area contributed by atoms with Crippen molar-refractivity contribution in [3.8, 4) is 5.75 Å². The van der Waals surface area contributed by atoms with Gasteiger partial charge >= 0.3 is 0 Å². The second-order valence-electron chi connectivity index (χ2n) is 4.25. The quantitative estimate of drug-likeness (QED) is 0.729. The molecule has 0 aromatic heterocycles. The molecule has 2 aromatic rings. The van der Waals surface area contributed by atoms with Crippen LogP contribution in [0.25, 0.3) is 0 Å². The van der Waals surface area contributed by atoms with E-state index in [1.165, 1.54) is 11.4 Å². The Morgan fingerprint density at radius 2 is 1.67 bits per heavy atom. The van der Waals surface area contributed by atoms with Crippen LogP contribution in [0.5, 0.6) is 5.75 Å². The number of benzene rings is 2. The lowest BCUT2D eigenvalue weighted by molar-refractivity contribution is 0.415. The Hall–Kier alpha value is -1.05. The number of rotatable bonds is 4. The minimum atomic E-state index is -3.63. The van der Waals surface area contributed by atoms with Gasteiger partial charge in [0.05, 0.1) is 12.8 Å². The number of nitrogens with zero attached hydrogens (tertiary/aromatic N) is 1. The van der Waals surface area contributed by atoms with Gasteiger partial charge in [0, 0.05) is 16.0 Å². The Morgan fingerprint density at radius 1 is 1.05 bits per heavy atom. The van der Waals surface area contributed by atoms with Crippen LogP contribution in [0.3, 0.4) is 0 Å². The average molecular weight is 435 g/mol. The van der Waals surface area contributed by atoms with Crippen LogP contribution in [0, 0.1) is 0 Å². The van der Waals surface area contributed by atoms with Crippen molar-refractivity contribution in [2.75, 3.05) is 18.5 Å². The summed E-state index contributed by atoms with van der Waals surface area (Å²) in [6.07, 6.45) is 0. The van der Waals surface area contributed by atoms with Crippen LogP contribution < -0.4 is 9.04 Å². The van der Waals surface area contributed by atoms with Crippen LogP contribution in [0.2, 0.25) is 0 Å². The highest BCUT2D eigenvalue weighted by Crippen LogP contribution is 2.30. The molecule has 4 nitrogen and oxygen atoms in total. The van der Waals surface area contributed by atoms with E-state index in [0.29, 0.717) is 15.9 Å². The number of sulfonamides is 1. The molecule has 21 heavy (non-hydrogen) atoms. The van der Waals surface area contributed by atoms with E-state index in [2.05, 4.69) is 31.9 Å². The van der Waals surface area contributed by atoms with Crippen molar-refractivity contribution in [1.29, 1.82) is 0 Å². The van der Waals surface area contributed by atoms with Gasteiger partial charge in [-0.2, -0.15) is 0 Å². The highest BCUT2D eigenvalue weighted by atomic mass is 79.9. The Balaban J connectivity index is 2.42. The number of halogens is 2. The summed E-state index contributed by atoms with van der Waals surface area (Å²) in [7, 11) is -0.551. The molecule has 0 bridgehead atoms. The fraction of sp³-hybridized carbons (Fsp3) is 0.143. The number of anilines is 1. The lowest BCUT2D eigenvalue weighted by Gasteiger charge is -2.20. The van der Waals surface area contributed by atoms with Crippen molar-refractivity contribution >= 4 is 47.6 Å². The van der Waals surface area contributed by atoms with Crippen molar-refractivity contribution in [1.82, 2.24) is 0 Å². The number of hydrogen-bond acceptors (Lipinski definition) is 3. The summed E-state index contributed by atoms with van der Waals surface area (Å²) >= 11 is 6.60. The van der Waals surface area contributed by atoms with Gasteiger partial charge in [0.15, 0.2) is 0 Å². The van der Waals surface area contributed by atoms with Crippen LogP contribution in [0.1, 0.15) is 0 Å². The predicted octanol–water partition coefficient (Wildman–Crippen LogP) is 4.05. The van der Waals surface area contributed by atoms with Crippen molar-refractivity contribution in [2.24, 2.45) is 0 Å². The molecule has 7 heteroatoms. The van der Waals surface area contributed by atoms with Gasteiger partial charge in [-0.15, -0.1) is 0 Å². The van der Waals surface area contributed by atoms with E-state index in [4.69, 9.17) is 4.74 Å². The third-order valence-electron chi connectivity index (χ3n) is 2.97. The monoisotopic (exact) mass is 433 g/mol. The fourth-order valence-corrected chi connectivity index (χ4v) is 4.66. The van der Waals surface area contributed by atoms with E-state index < -0.39 is 10.0 Å². The van der Waals surface area contributed by atoms with Crippen molar-refractivity contribution in [3.63, 3.8) is 0 Å². The molecular formula is C14H13Br2NO3S. The van der Waals surface area contributed by atoms with Crippen LogP contribution in [-0.2, 0) is 10.0 Å². The zero-order chi connectivity index (χ0) is 15.6. The van der Waals surface area contributed by atoms with Gasteiger partial charge in [0.1, 0.15) is 10.6 Å². The van der Waals surface area contributed by atoms with Gasteiger partial charge in [0.2, 0.25) is 0 Å². The third-order valence-corrected chi connectivity index (χ3v) is 6.22. The standard InChI is InChI=1S/C14H13Br2NO3S/c1-17(11-4-6-12(20-2)7-5-11)21(18,19)14-8-3-10(15)9-13(14)16/h3-9H,1-2H3. The summed E-state index contributed by atoms with van der Waals surface area (Å²) in [5.74, 6) is 0.675. The van der Waals surface area contributed by atoms with Crippen molar-refractivity contribution in [2.45, 2.75) is 4.90 Å². The summed E-state index contributed by atoms with van der Waals surface area (Å²) in [4.78, 5) is 0.212. The van der Waals surface area contributed by atoms with Crippen LogP contribution in [0.4, 0.5) is 5.69 Å². The van der Waals surface area contributed by atoms with E-state index >= 15 is 0 Å². The molecule has 0 unspecified atom stereocenters. The Bertz CT molecular complexity index is 745. The molecular weight excluding hydrogens is 422 g/mol. The molecule has 2 aromatic carbocycles. The van der Waals surface area contributed by atoms with Gasteiger partial charge in [-0.25, -0.2) is 8.42 Å². The summed E-state index contributed by atoms with van der Waals surface area (Å²) in [5, 5.41) is 0. The second-order valence-corrected chi connectivity index (χ2v) is 7.95. The highest BCUT2D eigenvalue weighted by Gasteiger charge is 2.23. The molecule has 0 spiro atoms. The molecule has 0 heterocycles. The lowest BCUT2D eigenvalue weighted by atomic mass is 10.3. The van der Waals surface area contributed by atoms with E-state index in [0.717, 1.165) is 4.47 Å². The molecule has 0 radical (unpaired) electrons. The molecule has 0 aliphatic rings. The predicted molar refractivity (Wildman–Crippen MR) is 90.4 cm³/mol. The molecule has 0 saturated heterocycles. The molecule has 0 fully saturated rings.